The van der Waals surface area contributed by atoms with Crippen LogP contribution in [0.3, 0.4) is 0 Å². The Bertz CT molecular complexity index is 509. The van der Waals surface area contributed by atoms with Gasteiger partial charge >= 0.3 is 5.69 Å². The van der Waals surface area contributed by atoms with E-state index in [9.17, 15) is 10.1 Å². The predicted molar refractivity (Wildman–Crippen MR) is 83.0 cm³/mol. The Morgan fingerprint density at radius 2 is 2.05 bits per heavy atom. The third-order valence-electron chi connectivity index (χ3n) is 4.20. The highest BCUT2D eigenvalue weighted by Gasteiger charge is 2.31. The molecule has 0 N–H and O–H groups in total. The maximum Gasteiger partial charge on any atom is 0.312 e. The first-order valence-corrected chi connectivity index (χ1v) is 7.62. The van der Waals surface area contributed by atoms with Crippen molar-refractivity contribution in [2.45, 2.75) is 45.6 Å². The zero-order chi connectivity index (χ0) is 14.9. The third kappa shape index (κ3) is 3.29. The van der Waals surface area contributed by atoms with Gasteiger partial charge in [-0.15, -0.1) is 0 Å². The van der Waals surface area contributed by atoms with Crippen molar-refractivity contribution >= 4 is 27.4 Å². The SMILES string of the molecule is CN(c1ncc(Br)cc1[N+](=O)[O-])C1CCC(C)(C)CC1. The molecule has 1 saturated carbocycles. The maximum absolute atomic E-state index is 11.2. The van der Waals surface area contributed by atoms with Crippen molar-refractivity contribution in [2.24, 2.45) is 5.41 Å². The van der Waals surface area contributed by atoms with Crippen LogP contribution < -0.4 is 4.90 Å². The summed E-state index contributed by atoms with van der Waals surface area (Å²) in [7, 11) is 1.91. The van der Waals surface area contributed by atoms with Gasteiger partial charge in [-0.1, -0.05) is 13.8 Å². The standard InChI is InChI=1S/C14H20BrN3O2/c1-14(2)6-4-11(5-7-14)17(3)13-12(18(19)20)8-10(15)9-16-13/h8-9,11H,4-7H2,1-3H3. The van der Waals surface area contributed by atoms with Gasteiger partial charge in [0, 0.05) is 29.8 Å². The van der Waals surface area contributed by atoms with Crippen LogP contribution in [0.1, 0.15) is 39.5 Å². The number of nitrogens with zero attached hydrogens (tertiary/aromatic N) is 3. The van der Waals surface area contributed by atoms with Gasteiger partial charge in [-0.25, -0.2) is 4.98 Å². The quantitative estimate of drug-likeness (QED) is 0.611. The molecule has 6 heteroatoms. The second kappa shape index (κ2) is 5.68. The molecule has 0 unspecified atom stereocenters. The average molecular weight is 342 g/mol. The smallest absolute Gasteiger partial charge is 0.312 e. The van der Waals surface area contributed by atoms with Gasteiger partial charge in [0.1, 0.15) is 0 Å². The zero-order valence-corrected chi connectivity index (χ0v) is 13.7. The Morgan fingerprint density at radius 3 is 2.60 bits per heavy atom. The van der Waals surface area contributed by atoms with Crippen molar-refractivity contribution in [2.75, 3.05) is 11.9 Å². The van der Waals surface area contributed by atoms with Crippen LogP contribution >= 0.6 is 15.9 Å². The van der Waals surface area contributed by atoms with Gasteiger partial charge in [0.15, 0.2) is 0 Å². The summed E-state index contributed by atoms with van der Waals surface area (Å²) in [6.45, 7) is 4.56. The van der Waals surface area contributed by atoms with Gasteiger partial charge < -0.3 is 4.90 Å². The molecule has 110 valence electrons. The van der Waals surface area contributed by atoms with Gasteiger partial charge in [0.2, 0.25) is 5.82 Å². The summed E-state index contributed by atoms with van der Waals surface area (Å²) >= 11 is 3.24. The fourth-order valence-electron chi connectivity index (χ4n) is 2.77. The minimum absolute atomic E-state index is 0.0618. The molecule has 1 aliphatic carbocycles. The van der Waals surface area contributed by atoms with Crippen LogP contribution in [-0.2, 0) is 0 Å². The third-order valence-corrected chi connectivity index (χ3v) is 4.63. The van der Waals surface area contributed by atoms with E-state index < -0.39 is 0 Å². The van der Waals surface area contributed by atoms with E-state index in [4.69, 9.17) is 0 Å². The van der Waals surface area contributed by atoms with Crippen LogP contribution in [0.15, 0.2) is 16.7 Å². The molecule has 2 rings (SSSR count). The fraction of sp³-hybridized carbons (Fsp3) is 0.643. The Morgan fingerprint density at radius 1 is 1.45 bits per heavy atom. The number of pyridine rings is 1. The molecule has 20 heavy (non-hydrogen) atoms. The number of hydrogen-bond acceptors (Lipinski definition) is 4. The Kier molecular flexibility index (Phi) is 4.32. The number of rotatable bonds is 3. The minimum Gasteiger partial charge on any atom is -0.351 e. The highest BCUT2D eigenvalue weighted by Crippen LogP contribution is 2.39. The molecule has 0 aliphatic heterocycles. The Labute approximate surface area is 127 Å². The monoisotopic (exact) mass is 341 g/mol. The molecule has 5 nitrogen and oxygen atoms in total. The molecule has 1 aromatic heterocycles. The van der Waals surface area contributed by atoms with E-state index in [1.54, 1.807) is 6.20 Å². The number of halogens is 1. The Hall–Kier alpha value is -1.17. The van der Waals surface area contributed by atoms with E-state index >= 15 is 0 Å². The summed E-state index contributed by atoms with van der Waals surface area (Å²) in [5, 5.41) is 11.2. The van der Waals surface area contributed by atoms with Gasteiger partial charge in [-0.2, -0.15) is 0 Å². The second-order valence-corrected chi connectivity index (χ2v) is 7.18. The molecular formula is C14H20BrN3O2. The number of anilines is 1. The number of nitro groups is 1. The molecule has 0 saturated heterocycles. The molecule has 1 aliphatic rings. The minimum atomic E-state index is -0.365. The number of hydrogen-bond donors (Lipinski definition) is 0. The maximum atomic E-state index is 11.2. The highest BCUT2D eigenvalue weighted by atomic mass is 79.9. The summed E-state index contributed by atoms with van der Waals surface area (Å²) < 4.78 is 0.631. The summed E-state index contributed by atoms with van der Waals surface area (Å²) in [6, 6.07) is 1.85. The van der Waals surface area contributed by atoms with E-state index in [1.807, 2.05) is 11.9 Å². The zero-order valence-electron chi connectivity index (χ0n) is 12.1. The molecule has 0 radical (unpaired) electrons. The summed E-state index contributed by atoms with van der Waals surface area (Å²) in [5.41, 5.74) is 0.447. The molecule has 0 atom stereocenters. The molecule has 0 spiro atoms. The van der Waals surface area contributed by atoms with Crippen molar-refractivity contribution in [3.8, 4) is 0 Å². The second-order valence-electron chi connectivity index (χ2n) is 6.26. The summed E-state index contributed by atoms with van der Waals surface area (Å²) in [6.07, 6.45) is 6.01. The summed E-state index contributed by atoms with van der Waals surface area (Å²) in [4.78, 5) is 17.0. The topological polar surface area (TPSA) is 59.3 Å². The first kappa shape index (κ1) is 15.2. The van der Waals surface area contributed by atoms with Gasteiger partial charge in [-0.3, -0.25) is 10.1 Å². The van der Waals surface area contributed by atoms with E-state index in [2.05, 4.69) is 34.8 Å². The van der Waals surface area contributed by atoms with E-state index in [0.717, 1.165) is 25.7 Å². The van der Waals surface area contributed by atoms with Gasteiger partial charge in [0.25, 0.3) is 0 Å². The van der Waals surface area contributed by atoms with E-state index in [1.165, 1.54) is 6.07 Å². The molecule has 0 bridgehead atoms. The van der Waals surface area contributed by atoms with Crippen LogP contribution in [0.5, 0.6) is 0 Å². The average Bonchev–Trinajstić information content (AvgIpc) is 2.37. The van der Waals surface area contributed by atoms with Crippen LogP contribution in [0.2, 0.25) is 0 Å². The van der Waals surface area contributed by atoms with Crippen molar-refractivity contribution in [3.05, 3.63) is 26.9 Å². The predicted octanol–water partition coefficient (Wildman–Crippen LogP) is 4.16. The van der Waals surface area contributed by atoms with Crippen molar-refractivity contribution in [3.63, 3.8) is 0 Å². The van der Waals surface area contributed by atoms with Gasteiger partial charge in [0.05, 0.1) is 4.92 Å². The molecular weight excluding hydrogens is 322 g/mol. The summed E-state index contributed by atoms with van der Waals surface area (Å²) in [5.74, 6) is 0.461. The lowest BCUT2D eigenvalue weighted by atomic mass is 9.75. The van der Waals surface area contributed by atoms with Gasteiger partial charge in [-0.05, 0) is 47.0 Å². The molecule has 1 heterocycles. The van der Waals surface area contributed by atoms with Crippen LogP contribution in [0, 0.1) is 15.5 Å². The van der Waals surface area contributed by atoms with Crippen LogP contribution in [0.25, 0.3) is 0 Å². The highest BCUT2D eigenvalue weighted by molar-refractivity contribution is 9.10. The van der Waals surface area contributed by atoms with Crippen molar-refractivity contribution in [1.82, 2.24) is 4.98 Å². The fourth-order valence-corrected chi connectivity index (χ4v) is 3.09. The first-order valence-electron chi connectivity index (χ1n) is 6.83. The number of aromatic nitrogens is 1. The lowest BCUT2D eigenvalue weighted by Crippen LogP contribution is -2.37. The van der Waals surface area contributed by atoms with Crippen LogP contribution in [-0.4, -0.2) is 23.0 Å². The lowest BCUT2D eigenvalue weighted by Gasteiger charge is -2.38. The molecule has 1 aromatic rings. The normalized spacial score (nSPS) is 18.8. The molecule has 1 fully saturated rings. The van der Waals surface area contributed by atoms with Crippen LogP contribution in [0.4, 0.5) is 11.5 Å². The lowest BCUT2D eigenvalue weighted by molar-refractivity contribution is -0.384. The Balaban J connectivity index is 2.21. The van der Waals surface area contributed by atoms with E-state index in [0.29, 0.717) is 21.7 Å². The first-order chi connectivity index (χ1) is 9.30. The largest absolute Gasteiger partial charge is 0.351 e. The molecule has 0 amide bonds. The molecule has 0 aromatic carbocycles. The van der Waals surface area contributed by atoms with Crippen molar-refractivity contribution in [1.29, 1.82) is 0 Å². The van der Waals surface area contributed by atoms with E-state index in [-0.39, 0.29) is 10.6 Å². The van der Waals surface area contributed by atoms with Crippen molar-refractivity contribution < 1.29 is 4.92 Å².